The summed E-state index contributed by atoms with van der Waals surface area (Å²) in [6.07, 6.45) is -8.18. The van der Waals surface area contributed by atoms with Gasteiger partial charge >= 0.3 is 30.3 Å². The van der Waals surface area contributed by atoms with Gasteiger partial charge in [0.1, 0.15) is 17.2 Å². The highest BCUT2D eigenvalue weighted by molar-refractivity contribution is 5.98. The van der Waals surface area contributed by atoms with Crippen LogP contribution in [-0.4, -0.2) is 85.7 Å². The molecule has 0 bridgehead atoms. The fourth-order valence-corrected chi connectivity index (χ4v) is 3.99. The van der Waals surface area contributed by atoms with Gasteiger partial charge < -0.3 is 19.0 Å². The van der Waals surface area contributed by atoms with E-state index in [2.05, 4.69) is 4.74 Å². The number of likely N-dealkylation sites (N-methyl/N-ethyl adjacent to an activating group) is 2. The third kappa shape index (κ3) is 8.15. The number of halogens is 6. The first-order valence-corrected chi connectivity index (χ1v) is 11.6. The van der Waals surface area contributed by atoms with Crippen LogP contribution >= 0.6 is 0 Å². The number of anilines is 1. The standard InChI is InChI=1S/C23H25F6N3O7/c1-3-31-20(15-5-4-10-30(15)2)38-18(33)8-9-19(34)39-32(21(31)35)16-11-14(36-12-22(24,25)26)6-7-17(16)37-13-23(27,28)29/h6-9,11,15,20H,3-5,10,12-13H2,1-2H3/b9-8+. The Labute approximate surface area is 218 Å². The van der Waals surface area contributed by atoms with Crippen molar-refractivity contribution in [2.45, 2.75) is 44.4 Å². The number of carbonyl (C=O) groups excluding carboxylic acids is 3. The minimum atomic E-state index is -4.82. The monoisotopic (exact) mass is 569 g/mol. The van der Waals surface area contributed by atoms with Crippen LogP contribution < -0.4 is 14.5 Å². The van der Waals surface area contributed by atoms with E-state index in [4.69, 9.17) is 14.3 Å². The molecule has 1 aromatic rings. The number of esters is 1. The summed E-state index contributed by atoms with van der Waals surface area (Å²) in [7, 11) is 1.74. The quantitative estimate of drug-likeness (QED) is 0.362. The molecule has 0 radical (unpaired) electrons. The molecule has 0 N–H and O–H groups in total. The number of likely N-dealkylation sites (tertiary alicyclic amines) is 1. The molecule has 2 heterocycles. The number of alkyl halides is 6. The van der Waals surface area contributed by atoms with E-state index in [1.807, 2.05) is 4.90 Å². The van der Waals surface area contributed by atoms with Gasteiger partial charge in [0.2, 0.25) is 0 Å². The van der Waals surface area contributed by atoms with Crippen molar-refractivity contribution in [2.75, 3.05) is 38.4 Å². The van der Waals surface area contributed by atoms with E-state index in [1.54, 1.807) is 7.05 Å². The molecule has 2 aliphatic heterocycles. The summed E-state index contributed by atoms with van der Waals surface area (Å²) in [6, 6.07) is 0.842. The average molecular weight is 569 g/mol. The lowest BCUT2D eigenvalue weighted by Gasteiger charge is -2.38. The van der Waals surface area contributed by atoms with Gasteiger partial charge in [-0.1, -0.05) is 0 Å². The molecule has 2 aliphatic rings. The number of nitrogens with zero attached hydrogens (tertiary/aromatic N) is 3. The van der Waals surface area contributed by atoms with E-state index in [0.717, 1.165) is 29.2 Å². The van der Waals surface area contributed by atoms with Gasteiger partial charge in [-0.25, -0.2) is 14.4 Å². The SMILES string of the molecule is CCN1C(=O)N(c2cc(OCC(F)(F)F)ccc2OCC(F)(F)F)OC(=O)/C=C/C(=O)OC1C1CCCN1C. The number of ether oxygens (including phenoxy) is 3. The summed E-state index contributed by atoms with van der Waals surface area (Å²) in [5, 5.41) is 0.267. The highest BCUT2D eigenvalue weighted by Gasteiger charge is 2.42. The van der Waals surface area contributed by atoms with Gasteiger partial charge in [-0.3, -0.25) is 9.80 Å². The van der Waals surface area contributed by atoms with E-state index < -0.39 is 73.0 Å². The van der Waals surface area contributed by atoms with E-state index in [9.17, 15) is 40.7 Å². The smallest absolute Gasteiger partial charge is 0.422 e. The lowest BCUT2D eigenvalue weighted by molar-refractivity contribution is -0.157. The van der Waals surface area contributed by atoms with Crippen LogP contribution in [-0.2, 0) is 19.2 Å². The number of hydroxylamine groups is 1. The number of rotatable bonds is 7. The first-order valence-electron chi connectivity index (χ1n) is 11.6. The van der Waals surface area contributed by atoms with Gasteiger partial charge in [0.05, 0.1) is 6.04 Å². The molecule has 1 fully saturated rings. The van der Waals surface area contributed by atoms with Gasteiger partial charge in [0, 0.05) is 24.8 Å². The van der Waals surface area contributed by atoms with Gasteiger partial charge in [-0.15, -0.1) is 5.06 Å². The van der Waals surface area contributed by atoms with Gasteiger partial charge in [0.15, 0.2) is 19.4 Å². The second kappa shape index (κ2) is 12.0. The topological polar surface area (TPSA) is 97.8 Å². The second-order valence-corrected chi connectivity index (χ2v) is 8.56. The van der Waals surface area contributed by atoms with Crippen molar-refractivity contribution in [3.63, 3.8) is 0 Å². The molecule has 1 saturated heterocycles. The highest BCUT2D eigenvalue weighted by Crippen LogP contribution is 2.36. The van der Waals surface area contributed by atoms with Crippen LogP contribution in [0.2, 0.25) is 0 Å². The molecule has 0 aliphatic carbocycles. The number of cyclic esters (lactones) is 1. The number of urea groups is 1. The van der Waals surface area contributed by atoms with Gasteiger partial charge in [-0.05, 0) is 45.5 Å². The van der Waals surface area contributed by atoms with Crippen LogP contribution in [0.15, 0.2) is 30.4 Å². The molecular formula is C23H25F6N3O7. The second-order valence-electron chi connectivity index (χ2n) is 8.56. The predicted molar refractivity (Wildman–Crippen MR) is 121 cm³/mol. The van der Waals surface area contributed by atoms with Crippen LogP contribution in [0.5, 0.6) is 11.5 Å². The molecule has 0 saturated carbocycles. The van der Waals surface area contributed by atoms with E-state index in [0.29, 0.717) is 25.5 Å². The largest absolute Gasteiger partial charge is 0.484 e. The Morgan fingerprint density at radius 2 is 1.62 bits per heavy atom. The van der Waals surface area contributed by atoms with E-state index >= 15 is 0 Å². The van der Waals surface area contributed by atoms with Crippen molar-refractivity contribution in [1.29, 1.82) is 0 Å². The number of carbonyl (C=O) groups is 3. The van der Waals surface area contributed by atoms with Gasteiger partial charge in [0.25, 0.3) is 0 Å². The average Bonchev–Trinajstić information content (AvgIpc) is 3.27. The maximum Gasteiger partial charge on any atom is 0.422 e. The third-order valence-corrected chi connectivity index (χ3v) is 5.69. The Morgan fingerprint density at radius 3 is 2.21 bits per heavy atom. The summed E-state index contributed by atoms with van der Waals surface area (Å²) in [5.41, 5.74) is -0.658. The minimum absolute atomic E-state index is 0.123. The lowest BCUT2D eigenvalue weighted by atomic mass is 10.1. The molecule has 0 aromatic heterocycles. The zero-order chi connectivity index (χ0) is 29.0. The Hall–Kier alpha value is -3.69. The molecular weight excluding hydrogens is 544 g/mol. The van der Waals surface area contributed by atoms with Crippen molar-refractivity contribution in [1.82, 2.24) is 9.80 Å². The molecule has 10 nitrogen and oxygen atoms in total. The van der Waals surface area contributed by atoms with Crippen LogP contribution in [0, 0.1) is 0 Å². The molecule has 2 unspecified atom stereocenters. The summed E-state index contributed by atoms with van der Waals surface area (Å²) in [6.45, 7) is -1.57. The van der Waals surface area contributed by atoms with Crippen LogP contribution in [0.3, 0.4) is 0 Å². The number of benzene rings is 1. The zero-order valence-corrected chi connectivity index (χ0v) is 20.8. The highest BCUT2D eigenvalue weighted by atomic mass is 19.4. The molecule has 2 amide bonds. The van der Waals surface area contributed by atoms with E-state index in [-0.39, 0.29) is 11.6 Å². The Bertz CT molecular complexity index is 1090. The van der Waals surface area contributed by atoms with Crippen LogP contribution in [0.4, 0.5) is 36.8 Å². The number of amides is 2. The molecule has 16 heteroatoms. The maximum atomic E-state index is 13.7. The lowest BCUT2D eigenvalue weighted by Crippen LogP contribution is -2.56. The molecule has 39 heavy (non-hydrogen) atoms. The summed E-state index contributed by atoms with van der Waals surface area (Å²) in [4.78, 5) is 46.4. The van der Waals surface area contributed by atoms with Crippen LogP contribution in [0.25, 0.3) is 0 Å². The van der Waals surface area contributed by atoms with Crippen molar-refractivity contribution in [3.8, 4) is 11.5 Å². The van der Waals surface area contributed by atoms with Crippen molar-refractivity contribution in [2.24, 2.45) is 0 Å². The van der Waals surface area contributed by atoms with E-state index in [1.165, 1.54) is 6.92 Å². The van der Waals surface area contributed by atoms with Crippen molar-refractivity contribution < 1.29 is 59.8 Å². The van der Waals surface area contributed by atoms with Crippen LogP contribution in [0.1, 0.15) is 19.8 Å². The minimum Gasteiger partial charge on any atom is -0.484 e. The third-order valence-electron chi connectivity index (χ3n) is 5.69. The summed E-state index contributed by atoms with van der Waals surface area (Å²) in [5.74, 6) is -3.43. The zero-order valence-electron chi connectivity index (χ0n) is 20.8. The Morgan fingerprint density at radius 1 is 0.974 bits per heavy atom. The fourth-order valence-electron chi connectivity index (χ4n) is 3.99. The Balaban J connectivity index is 2.10. The normalized spacial score (nSPS) is 22.4. The van der Waals surface area contributed by atoms with Crippen molar-refractivity contribution in [3.05, 3.63) is 30.4 Å². The Kier molecular flexibility index (Phi) is 9.19. The molecule has 3 rings (SSSR count). The predicted octanol–water partition coefficient (Wildman–Crippen LogP) is 3.81. The summed E-state index contributed by atoms with van der Waals surface area (Å²) < 4.78 is 91.8. The molecule has 2 atom stereocenters. The molecule has 0 spiro atoms. The first-order chi connectivity index (χ1) is 18.2. The first kappa shape index (κ1) is 29.9. The number of hydrogen-bond donors (Lipinski definition) is 0. The van der Waals surface area contributed by atoms with Crippen molar-refractivity contribution >= 4 is 23.7 Å². The molecule has 216 valence electrons. The molecule has 1 aromatic carbocycles. The number of hydrogen-bond acceptors (Lipinski definition) is 8. The fraction of sp³-hybridized carbons (Fsp3) is 0.522. The maximum absolute atomic E-state index is 13.7. The summed E-state index contributed by atoms with van der Waals surface area (Å²) >= 11 is 0. The van der Waals surface area contributed by atoms with Gasteiger partial charge in [-0.2, -0.15) is 26.3 Å².